The van der Waals surface area contributed by atoms with E-state index >= 15 is 0 Å². The van der Waals surface area contributed by atoms with Crippen LogP contribution in [0.25, 0.3) is 10.9 Å². The van der Waals surface area contributed by atoms with Gasteiger partial charge in [0, 0.05) is 17.3 Å². The van der Waals surface area contributed by atoms with E-state index in [1.165, 1.54) is 0 Å². The maximum absolute atomic E-state index is 10.8. The summed E-state index contributed by atoms with van der Waals surface area (Å²) in [5, 5.41) is 1.08. The fourth-order valence-corrected chi connectivity index (χ4v) is 1.20. The predicted molar refractivity (Wildman–Crippen MR) is 64.3 cm³/mol. The van der Waals surface area contributed by atoms with Crippen LogP contribution in [0.4, 0.5) is 0 Å². The van der Waals surface area contributed by atoms with Gasteiger partial charge in [0.2, 0.25) is 5.91 Å². The first kappa shape index (κ1) is 13.2. The SMILES string of the molecule is CS(=O)(=O)O.NC(=O)c1ccc2cc[nH]c2c1. The van der Waals surface area contributed by atoms with E-state index in [1.54, 1.807) is 12.1 Å². The zero-order valence-corrected chi connectivity index (χ0v) is 9.86. The van der Waals surface area contributed by atoms with Crippen molar-refractivity contribution in [2.75, 3.05) is 6.26 Å². The Bertz CT molecular complexity index is 623. The van der Waals surface area contributed by atoms with Gasteiger partial charge < -0.3 is 10.7 Å². The zero-order chi connectivity index (χ0) is 13.1. The second-order valence-electron chi connectivity index (χ2n) is 3.38. The highest BCUT2D eigenvalue weighted by atomic mass is 32.2. The third-order valence-electron chi connectivity index (χ3n) is 1.84. The second-order valence-corrected chi connectivity index (χ2v) is 4.84. The number of rotatable bonds is 1. The van der Waals surface area contributed by atoms with Crippen LogP contribution in [-0.4, -0.2) is 30.1 Å². The highest BCUT2D eigenvalue weighted by molar-refractivity contribution is 7.85. The number of hydrogen-bond acceptors (Lipinski definition) is 3. The molecule has 1 heterocycles. The monoisotopic (exact) mass is 256 g/mol. The number of aromatic nitrogens is 1. The van der Waals surface area contributed by atoms with Crippen LogP contribution < -0.4 is 5.73 Å². The standard InChI is InChI=1S/C9H8N2O.CH4O3S/c10-9(12)7-2-1-6-3-4-11-8(6)5-7;1-5(2,3)4/h1-5,11H,(H2,10,12);1H3,(H,2,3,4). The number of aromatic amines is 1. The third kappa shape index (κ3) is 4.66. The molecule has 2 aromatic rings. The second kappa shape index (κ2) is 4.98. The maximum atomic E-state index is 10.8. The molecule has 2 rings (SSSR count). The summed E-state index contributed by atoms with van der Waals surface area (Å²) in [4.78, 5) is 13.8. The van der Waals surface area contributed by atoms with E-state index in [1.807, 2.05) is 18.3 Å². The van der Waals surface area contributed by atoms with E-state index in [0.717, 1.165) is 10.9 Å². The van der Waals surface area contributed by atoms with Gasteiger partial charge in [0.05, 0.1) is 6.26 Å². The minimum Gasteiger partial charge on any atom is -0.366 e. The molecule has 1 aromatic carbocycles. The number of hydrogen-bond donors (Lipinski definition) is 3. The number of primary amides is 1. The molecule has 6 nitrogen and oxygen atoms in total. The van der Waals surface area contributed by atoms with Gasteiger partial charge in [0.1, 0.15) is 0 Å². The summed E-state index contributed by atoms with van der Waals surface area (Å²) in [6, 6.07) is 7.28. The summed E-state index contributed by atoms with van der Waals surface area (Å²) < 4.78 is 25.9. The molecule has 0 saturated carbocycles. The molecule has 0 unspecified atom stereocenters. The quantitative estimate of drug-likeness (QED) is 0.654. The van der Waals surface area contributed by atoms with Gasteiger partial charge in [-0.15, -0.1) is 0 Å². The summed E-state index contributed by atoms with van der Waals surface area (Å²) in [5.41, 5.74) is 6.59. The largest absolute Gasteiger partial charge is 0.366 e. The molecule has 0 aliphatic rings. The van der Waals surface area contributed by atoms with Crippen LogP contribution in [-0.2, 0) is 10.1 Å². The molecular formula is C10H12N2O4S. The van der Waals surface area contributed by atoms with Gasteiger partial charge in [-0.05, 0) is 23.6 Å². The first-order valence-corrected chi connectivity index (χ1v) is 6.41. The fraction of sp³-hybridized carbons (Fsp3) is 0.100. The smallest absolute Gasteiger partial charge is 0.261 e. The molecule has 0 atom stereocenters. The zero-order valence-electron chi connectivity index (χ0n) is 9.04. The Hall–Kier alpha value is -1.86. The Morgan fingerprint density at radius 1 is 1.35 bits per heavy atom. The van der Waals surface area contributed by atoms with Crippen molar-refractivity contribution in [1.29, 1.82) is 0 Å². The number of H-pyrrole nitrogens is 1. The van der Waals surface area contributed by atoms with Gasteiger partial charge in [-0.2, -0.15) is 8.42 Å². The number of benzene rings is 1. The van der Waals surface area contributed by atoms with Gasteiger partial charge >= 0.3 is 0 Å². The van der Waals surface area contributed by atoms with Crippen molar-refractivity contribution in [3.8, 4) is 0 Å². The Balaban J connectivity index is 0.000000249. The summed E-state index contributed by atoms with van der Waals surface area (Å²) >= 11 is 0. The average Bonchev–Trinajstić information content (AvgIpc) is 2.60. The lowest BCUT2D eigenvalue weighted by atomic mass is 10.1. The number of carbonyl (C=O) groups excluding carboxylic acids is 1. The van der Waals surface area contributed by atoms with E-state index in [0.29, 0.717) is 11.8 Å². The van der Waals surface area contributed by atoms with E-state index in [-0.39, 0.29) is 0 Å². The van der Waals surface area contributed by atoms with Crippen LogP contribution in [0.1, 0.15) is 10.4 Å². The van der Waals surface area contributed by atoms with Gasteiger partial charge in [-0.3, -0.25) is 9.35 Å². The Kier molecular flexibility index (Phi) is 3.87. The average molecular weight is 256 g/mol. The molecule has 0 spiro atoms. The minimum atomic E-state index is -3.67. The molecule has 1 amide bonds. The number of carbonyl (C=O) groups is 1. The third-order valence-corrected chi connectivity index (χ3v) is 1.84. The van der Waals surface area contributed by atoms with Crippen LogP contribution >= 0.6 is 0 Å². The van der Waals surface area contributed by atoms with Crippen LogP contribution in [0, 0.1) is 0 Å². The molecule has 0 radical (unpaired) electrons. The molecule has 7 heteroatoms. The lowest BCUT2D eigenvalue weighted by Gasteiger charge is -1.94. The van der Waals surface area contributed by atoms with E-state index in [9.17, 15) is 13.2 Å². The van der Waals surface area contributed by atoms with Crippen LogP contribution in [0.15, 0.2) is 30.5 Å². The highest BCUT2D eigenvalue weighted by Crippen LogP contribution is 2.13. The number of nitrogens with one attached hydrogen (secondary N) is 1. The molecule has 0 bridgehead atoms. The Morgan fingerprint density at radius 2 is 1.94 bits per heavy atom. The first-order chi connectivity index (χ1) is 7.77. The Morgan fingerprint density at radius 3 is 2.47 bits per heavy atom. The molecule has 17 heavy (non-hydrogen) atoms. The van der Waals surface area contributed by atoms with Crippen molar-refractivity contribution in [1.82, 2.24) is 4.98 Å². The molecule has 0 saturated heterocycles. The molecule has 92 valence electrons. The number of amides is 1. The molecule has 0 fully saturated rings. The lowest BCUT2D eigenvalue weighted by Crippen LogP contribution is -2.10. The lowest BCUT2D eigenvalue weighted by molar-refractivity contribution is 0.100. The highest BCUT2D eigenvalue weighted by Gasteiger charge is 2.00. The van der Waals surface area contributed by atoms with Crippen LogP contribution in [0.2, 0.25) is 0 Å². The summed E-state index contributed by atoms with van der Waals surface area (Å²) in [6.07, 6.45) is 2.54. The van der Waals surface area contributed by atoms with Crippen molar-refractivity contribution < 1.29 is 17.8 Å². The maximum Gasteiger partial charge on any atom is 0.261 e. The molecule has 1 aromatic heterocycles. The minimum absolute atomic E-state index is 0.397. The normalized spacial score (nSPS) is 10.7. The van der Waals surface area contributed by atoms with E-state index < -0.39 is 16.0 Å². The van der Waals surface area contributed by atoms with Crippen LogP contribution in [0.3, 0.4) is 0 Å². The van der Waals surface area contributed by atoms with Crippen molar-refractivity contribution in [2.24, 2.45) is 5.73 Å². The van der Waals surface area contributed by atoms with Gasteiger partial charge in [-0.25, -0.2) is 0 Å². The molecule has 4 N–H and O–H groups in total. The molecular weight excluding hydrogens is 244 g/mol. The van der Waals surface area contributed by atoms with Crippen molar-refractivity contribution >= 4 is 26.9 Å². The predicted octanol–water partition coefficient (Wildman–Crippen LogP) is 0.771. The topological polar surface area (TPSA) is 113 Å². The van der Waals surface area contributed by atoms with Gasteiger partial charge in [0.25, 0.3) is 10.1 Å². The molecule has 0 aliphatic heterocycles. The number of fused-ring (bicyclic) bond motifs is 1. The van der Waals surface area contributed by atoms with Crippen molar-refractivity contribution in [2.45, 2.75) is 0 Å². The van der Waals surface area contributed by atoms with Crippen molar-refractivity contribution in [3.05, 3.63) is 36.0 Å². The van der Waals surface area contributed by atoms with E-state index in [2.05, 4.69) is 4.98 Å². The summed E-state index contributed by atoms with van der Waals surface area (Å²) in [7, 11) is -3.67. The molecule has 0 aliphatic carbocycles. The van der Waals surface area contributed by atoms with E-state index in [4.69, 9.17) is 10.3 Å². The van der Waals surface area contributed by atoms with Crippen LogP contribution in [0.5, 0.6) is 0 Å². The summed E-state index contributed by atoms with van der Waals surface area (Å²) in [6.45, 7) is 0. The summed E-state index contributed by atoms with van der Waals surface area (Å²) in [5.74, 6) is -0.397. The first-order valence-electron chi connectivity index (χ1n) is 4.57. The van der Waals surface area contributed by atoms with Crippen molar-refractivity contribution in [3.63, 3.8) is 0 Å². The Labute approximate surface area is 98.2 Å². The van der Waals surface area contributed by atoms with Gasteiger partial charge in [-0.1, -0.05) is 6.07 Å². The fourth-order valence-electron chi connectivity index (χ4n) is 1.20. The van der Waals surface area contributed by atoms with Gasteiger partial charge in [0.15, 0.2) is 0 Å². The number of nitrogens with two attached hydrogens (primary N) is 1.